The molecule has 3 nitrogen and oxygen atoms in total. The summed E-state index contributed by atoms with van der Waals surface area (Å²) >= 11 is 1.58. The van der Waals surface area contributed by atoms with Crippen molar-refractivity contribution in [2.45, 2.75) is 18.2 Å². The molecular weight excluding hydrogens is 224 g/mol. The molecule has 0 fully saturated rings. The standard InChI is InChI=1S/C12H14O3S/c1-9-7-11(4-3-10(9)8-13)16-6-5-12(14)15-2/h3-4,7-8H,5-6H2,1-2H3. The van der Waals surface area contributed by atoms with Gasteiger partial charge >= 0.3 is 5.97 Å². The first-order chi connectivity index (χ1) is 7.67. The summed E-state index contributed by atoms with van der Waals surface area (Å²) in [5.74, 6) is 0.487. The molecule has 0 N–H and O–H groups in total. The van der Waals surface area contributed by atoms with Gasteiger partial charge in [0.25, 0.3) is 0 Å². The monoisotopic (exact) mass is 238 g/mol. The number of methoxy groups -OCH3 is 1. The topological polar surface area (TPSA) is 43.4 Å². The second-order valence-corrected chi connectivity index (χ2v) is 4.48. The summed E-state index contributed by atoms with van der Waals surface area (Å²) in [5, 5.41) is 0. The highest BCUT2D eigenvalue weighted by atomic mass is 32.2. The minimum absolute atomic E-state index is 0.200. The summed E-state index contributed by atoms with van der Waals surface area (Å²) in [6.45, 7) is 1.90. The van der Waals surface area contributed by atoms with E-state index in [0.717, 1.165) is 16.7 Å². The molecule has 4 heteroatoms. The quantitative estimate of drug-likeness (QED) is 0.449. The van der Waals surface area contributed by atoms with Crippen LogP contribution in [0.5, 0.6) is 0 Å². The Morgan fingerprint density at radius 2 is 2.25 bits per heavy atom. The molecule has 1 aromatic carbocycles. The number of rotatable bonds is 5. The zero-order valence-corrected chi connectivity index (χ0v) is 10.2. The van der Waals surface area contributed by atoms with Crippen LogP contribution in [0.4, 0.5) is 0 Å². The Bertz CT molecular complexity index is 388. The van der Waals surface area contributed by atoms with Gasteiger partial charge in [0.1, 0.15) is 6.29 Å². The molecule has 16 heavy (non-hydrogen) atoms. The van der Waals surface area contributed by atoms with E-state index in [9.17, 15) is 9.59 Å². The Balaban J connectivity index is 2.52. The third-order valence-electron chi connectivity index (χ3n) is 2.17. The van der Waals surface area contributed by atoms with E-state index in [2.05, 4.69) is 4.74 Å². The van der Waals surface area contributed by atoms with Crippen LogP contribution in [-0.4, -0.2) is 25.1 Å². The van der Waals surface area contributed by atoms with Crippen molar-refractivity contribution in [2.75, 3.05) is 12.9 Å². The van der Waals surface area contributed by atoms with Crippen LogP contribution in [0.3, 0.4) is 0 Å². The van der Waals surface area contributed by atoms with Gasteiger partial charge in [0, 0.05) is 16.2 Å². The van der Waals surface area contributed by atoms with Gasteiger partial charge in [-0.1, -0.05) is 6.07 Å². The number of carbonyl (C=O) groups is 2. The third kappa shape index (κ3) is 3.70. The van der Waals surface area contributed by atoms with Gasteiger partial charge in [0.05, 0.1) is 13.5 Å². The Hall–Kier alpha value is -1.29. The number of thioether (sulfide) groups is 1. The van der Waals surface area contributed by atoms with Crippen molar-refractivity contribution < 1.29 is 14.3 Å². The lowest BCUT2D eigenvalue weighted by Gasteiger charge is -2.03. The zero-order chi connectivity index (χ0) is 12.0. The van der Waals surface area contributed by atoms with Gasteiger partial charge in [-0.05, 0) is 24.6 Å². The van der Waals surface area contributed by atoms with Gasteiger partial charge in [0.15, 0.2) is 0 Å². The number of carbonyl (C=O) groups excluding carboxylic acids is 2. The maximum Gasteiger partial charge on any atom is 0.306 e. The molecule has 0 amide bonds. The first-order valence-electron chi connectivity index (χ1n) is 4.93. The van der Waals surface area contributed by atoms with Gasteiger partial charge in [-0.2, -0.15) is 0 Å². The predicted octanol–water partition coefficient (Wildman–Crippen LogP) is 2.46. The number of esters is 1. The summed E-state index contributed by atoms with van der Waals surface area (Å²) in [6, 6.07) is 5.63. The van der Waals surface area contributed by atoms with Crippen LogP contribution in [0.25, 0.3) is 0 Å². The largest absolute Gasteiger partial charge is 0.469 e. The molecule has 0 aliphatic heterocycles. The number of ether oxygens (including phenoxy) is 1. The molecule has 0 saturated carbocycles. The second-order valence-electron chi connectivity index (χ2n) is 3.31. The van der Waals surface area contributed by atoms with E-state index in [4.69, 9.17) is 0 Å². The fourth-order valence-corrected chi connectivity index (χ4v) is 2.15. The van der Waals surface area contributed by atoms with Crippen LogP contribution in [-0.2, 0) is 9.53 Å². The van der Waals surface area contributed by atoms with Crippen molar-refractivity contribution in [3.8, 4) is 0 Å². The fourth-order valence-electron chi connectivity index (χ4n) is 1.22. The van der Waals surface area contributed by atoms with Gasteiger partial charge in [0.2, 0.25) is 0 Å². The Morgan fingerprint density at radius 1 is 1.50 bits per heavy atom. The van der Waals surface area contributed by atoms with Gasteiger partial charge < -0.3 is 4.74 Å². The number of hydrogen-bond acceptors (Lipinski definition) is 4. The van der Waals surface area contributed by atoms with E-state index < -0.39 is 0 Å². The van der Waals surface area contributed by atoms with Gasteiger partial charge in [-0.3, -0.25) is 9.59 Å². The summed E-state index contributed by atoms with van der Waals surface area (Å²) in [6.07, 6.45) is 1.24. The minimum atomic E-state index is -0.200. The van der Waals surface area contributed by atoms with Crippen molar-refractivity contribution in [2.24, 2.45) is 0 Å². The van der Waals surface area contributed by atoms with E-state index in [1.54, 1.807) is 17.8 Å². The predicted molar refractivity (Wildman–Crippen MR) is 63.9 cm³/mol. The van der Waals surface area contributed by atoms with E-state index in [0.29, 0.717) is 17.7 Å². The van der Waals surface area contributed by atoms with E-state index in [-0.39, 0.29) is 5.97 Å². The molecule has 0 saturated heterocycles. The molecule has 0 unspecified atom stereocenters. The molecule has 0 aliphatic rings. The Morgan fingerprint density at radius 3 is 2.81 bits per heavy atom. The molecule has 86 valence electrons. The summed E-state index contributed by atoms with van der Waals surface area (Å²) in [4.78, 5) is 22.6. The van der Waals surface area contributed by atoms with Crippen LogP contribution in [0.15, 0.2) is 23.1 Å². The number of hydrogen-bond donors (Lipinski definition) is 0. The molecule has 0 aromatic heterocycles. The average molecular weight is 238 g/mol. The second kappa shape index (κ2) is 6.33. The van der Waals surface area contributed by atoms with Crippen molar-refractivity contribution in [1.82, 2.24) is 0 Å². The number of benzene rings is 1. The molecular formula is C12H14O3S. The third-order valence-corrected chi connectivity index (χ3v) is 3.17. The average Bonchev–Trinajstić information content (AvgIpc) is 2.29. The van der Waals surface area contributed by atoms with Crippen molar-refractivity contribution >= 4 is 24.0 Å². The molecule has 0 radical (unpaired) electrons. The van der Waals surface area contributed by atoms with Crippen molar-refractivity contribution in [3.63, 3.8) is 0 Å². The van der Waals surface area contributed by atoms with Crippen LogP contribution in [0.2, 0.25) is 0 Å². The SMILES string of the molecule is COC(=O)CCSc1ccc(C=O)c(C)c1. The summed E-state index contributed by atoms with van der Waals surface area (Å²) in [7, 11) is 1.38. The maximum atomic E-state index is 10.9. The number of aryl methyl sites for hydroxylation is 1. The lowest BCUT2D eigenvalue weighted by Crippen LogP contribution is -2.00. The Labute approximate surface area is 99.2 Å². The lowest BCUT2D eigenvalue weighted by atomic mass is 10.1. The van der Waals surface area contributed by atoms with Crippen LogP contribution >= 0.6 is 11.8 Å². The van der Waals surface area contributed by atoms with E-state index >= 15 is 0 Å². The summed E-state index contributed by atoms with van der Waals surface area (Å²) < 4.78 is 4.55. The highest BCUT2D eigenvalue weighted by Crippen LogP contribution is 2.21. The minimum Gasteiger partial charge on any atom is -0.469 e. The summed E-state index contributed by atoms with van der Waals surface area (Å²) in [5.41, 5.74) is 1.66. The van der Waals surface area contributed by atoms with Crippen LogP contribution in [0.1, 0.15) is 22.3 Å². The van der Waals surface area contributed by atoms with Crippen molar-refractivity contribution in [1.29, 1.82) is 0 Å². The lowest BCUT2D eigenvalue weighted by molar-refractivity contribution is -0.140. The normalized spacial score (nSPS) is 9.88. The molecule has 0 bridgehead atoms. The Kier molecular flexibility index (Phi) is 5.05. The molecule has 0 spiro atoms. The maximum absolute atomic E-state index is 10.9. The molecule has 0 aliphatic carbocycles. The van der Waals surface area contributed by atoms with Crippen LogP contribution < -0.4 is 0 Å². The fraction of sp³-hybridized carbons (Fsp3) is 0.333. The van der Waals surface area contributed by atoms with Crippen molar-refractivity contribution in [3.05, 3.63) is 29.3 Å². The van der Waals surface area contributed by atoms with E-state index in [1.807, 2.05) is 19.1 Å². The zero-order valence-electron chi connectivity index (χ0n) is 9.36. The molecule has 1 rings (SSSR count). The number of aldehydes is 1. The highest BCUT2D eigenvalue weighted by Gasteiger charge is 2.02. The van der Waals surface area contributed by atoms with E-state index in [1.165, 1.54) is 7.11 Å². The molecule has 1 aromatic rings. The van der Waals surface area contributed by atoms with Crippen LogP contribution in [0, 0.1) is 6.92 Å². The highest BCUT2D eigenvalue weighted by molar-refractivity contribution is 7.99. The van der Waals surface area contributed by atoms with Gasteiger partial charge in [-0.25, -0.2) is 0 Å². The first-order valence-corrected chi connectivity index (χ1v) is 5.91. The first kappa shape index (κ1) is 12.8. The van der Waals surface area contributed by atoms with Gasteiger partial charge in [-0.15, -0.1) is 11.8 Å². The smallest absolute Gasteiger partial charge is 0.306 e. The molecule has 0 heterocycles. The molecule has 0 atom stereocenters.